The number of esters is 1. The van der Waals surface area contributed by atoms with Gasteiger partial charge in [-0.25, -0.2) is 4.79 Å². The van der Waals surface area contributed by atoms with Gasteiger partial charge in [0.15, 0.2) is 5.69 Å². The molecule has 9 heteroatoms. The van der Waals surface area contributed by atoms with Gasteiger partial charge in [0.1, 0.15) is 0 Å². The third kappa shape index (κ3) is 5.45. The Bertz CT molecular complexity index is 1200. The van der Waals surface area contributed by atoms with Crippen molar-refractivity contribution in [1.82, 2.24) is 15.2 Å². The summed E-state index contributed by atoms with van der Waals surface area (Å²) < 4.78 is 11.2. The molecule has 1 atom stereocenters. The van der Waals surface area contributed by atoms with Crippen molar-refractivity contribution in [2.45, 2.75) is 50.9 Å². The van der Waals surface area contributed by atoms with Crippen LogP contribution in [0.4, 0.5) is 5.69 Å². The molecule has 2 aromatic carbocycles. The first-order valence-electron chi connectivity index (χ1n) is 11.6. The first-order chi connectivity index (χ1) is 17.0. The van der Waals surface area contributed by atoms with Crippen molar-refractivity contribution in [2.24, 2.45) is 0 Å². The molecule has 2 heterocycles. The average Bonchev–Trinajstić information content (AvgIpc) is 3.02. The van der Waals surface area contributed by atoms with Gasteiger partial charge < -0.3 is 9.47 Å². The van der Waals surface area contributed by atoms with E-state index >= 15 is 0 Å². The summed E-state index contributed by atoms with van der Waals surface area (Å²) in [7, 11) is 1.34. The van der Waals surface area contributed by atoms with Crippen LogP contribution in [0.15, 0.2) is 53.7 Å². The number of unbranched alkanes of at least 4 members (excludes halogenated alkanes) is 3. The predicted octanol–water partition coefficient (Wildman–Crippen LogP) is 5.44. The van der Waals surface area contributed by atoms with Gasteiger partial charge >= 0.3 is 5.97 Å². The highest BCUT2D eigenvalue weighted by Crippen LogP contribution is 2.43. The van der Waals surface area contributed by atoms with E-state index in [9.17, 15) is 9.59 Å². The summed E-state index contributed by atoms with van der Waals surface area (Å²) in [6.07, 6.45) is 3.84. The Hall–Kier alpha value is -3.46. The quantitative estimate of drug-likeness (QED) is 0.233. The van der Waals surface area contributed by atoms with Gasteiger partial charge in [-0.15, -0.1) is 10.2 Å². The van der Waals surface area contributed by atoms with Crippen molar-refractivity contribution in [3.63, 3.8) is 0 Å². The molecule has 1 aliphatic heterocycles. The van der Waals surface area contributed by atoms with E-state index < -0.39 is 12.2 Å². The number of nitrogens with zero attached hydrogens (tertiary/aromatic N) is 4. The second-order valence-corrected chi connectivity index (χ2v) is 9.21. The number of anilines is 1. The van der Waals surface area contributed by atoms with Crippen molar-refractivity contribution in [1.29, 1.82) is 0 Å². The molecule has 1 amide bonds. The number of methoxy groups -OCH3 is 1. The summed E-state index contributed by atoms with van der Waals surface area (Å²) in [6, 6.07) is 14.3. The topological polar surface area (TPSA) is 94.5 Å². The fourth-order valence-electron chi connectivity index (χ4n) is 3.92. The lowest BCUT2D eigenvalue weighted by Crippen LogP contribution is -2.36. The Morgan fingerprint density at radius 1 is 1.06 bits per heavy atom. The second-order valence-electron chi connectivity index (χ2n) is 8.15. The number of fused-ring (bicyclic) bond motifs is 3. The minimum Gasteiger partial charge on any atom is -0.465 e. The van der Waals surface area contributed by atoms with Crippen LogP contribution in [0.5, 0.6) is 5.88 Å². The molecule has 182 valence electrons. The van der Waals surface area contributed by atoms with E-state index in [-0.39, 0.29) is 5.91 Å². The molecule has 0 aliphatic carbocycles. The Kier molecular flexibility index (Phi) is 7.97. The lowest BCUT2D eigenvalue weighted by Gasteiger charge is -2.29. The minimum atomic E-state index is -0.805. The number of rotatable bonds is 8. The summed E-state index contributed by atoms with van der Waals surface area (Å²) in [5, 5.41) is 9.31. The molecule has 0 unspecified atom stereocenters. The summed E-state index contributed by atoms with van der Waals surface area (Å²) in [4.78, 5) is 31.0. The molecule has 1 aromatic heterocycles. The minimum absolute atomic E-state index is 0.203. The molecule has 0 bridgehead atoms. The Balaban J connectivity index is 1.73. The third-order valence-corrected chi connectivity index (χ3v) is 6.62. The molecule has 0 saturated carbocycles. The van der Waals surface area contributed by atoms with Crippen molar-refractivity contribution in [2.75, 3.05) is 17.8 Å². The third-order valence-electron chi connectivity index (χ3n) is 5.70. The van der Waals surface area contributed by atoms with E-state index in [0.717, 1.165) is 12.2 Å². The van der Waals surface area contributed by atoms with Crippen molar-refractivity contribution >= 4 is 29.3 Å². The van der Waals surface area contributed by atoms with Crippen LogP contribution >= 0.6 is 11.8 Å². The summed E-state index contributed by atoms with van der Waals surface area (Å²) in [6.45, 7) is 3.67. The van der Waals surface area contributed by atoms with Gasteiger partial charge in [-0.3, -0.25) is 9.69 Å². The van der Waals surface area contributed by atoms with Crippen LogP contribution in [0.2, 0.25) is 0 Å². The first-order valence-corrected chi connectivity index (χ1v) is 12.6. The Labute approximate surface area is 209 Å². The highest BCUT2D eigenvalue weighted by Gasteiger charge is 2.34. The van der Waals surface area contributed by atoms with Gasteiger partial charge in [0.2, 0.25) is 23.2 Å². The standard InChI is InChI=1S/C26H28N4O4S/c1-4-5-6-9-16-35-26-27-23-22(28-29-26)20-10-7-8-11-21(20)30(17(2)31)24(34-23)18-12-14-19(15-13-18)25(32)33-3/h7-8,10-15,24H,4-6,9,16H2,1-3H3/t24-/m1/s1. The maximum absolute atomic E-state index is 12.9. The van der Waals surface area contributed by atoms with Crippen molar-refractivity contribution < 1.29 is 19.1 Å². The number of carbonyl (C=O) groups excluding carboxylic acids is 2. The molecule has 8 nitrogen and oxygen atoms in total. The van der Waals surface area contributed by atoms with Crippen LogP contribution in [0, 0.1) is 0 Å². The van der Waals surface area contributed by atoms with E-state index in [1.807, 2.05) is 24.3 Å². The van der Waals surface area contributed by atoms with Gasteiger partial charge in [-0.05, 0) is 24.6 Å². The van der Waals surface area contributed by atoms with Gasteiger partial charge in [0, 0.05) is 23.8 Å². The lowest BCUT2D eigenvalue weighted by atomic mass is 10.1. The normalized spacial score (nSPS) is 14.4. The first kappa shape index (κ1) is 24.7. The molecule has 3 aromatic rings. The van der Waals surface area contributed by atoms with E-state index in [0.29, 0.717) is 39.1 Å². The average molecular weight is 493 g/mol. The van der Waals surface area contributed by atoms with E-state index in [1.54, 1.807) is 40.9 Å². The molecular weight excluding hydrogens is 464 g/mol. The van der Waals surface area contributed by atoms with E-state index in [2.05, 4.69) is 22.1 Å². The number of para-hydroxylation sites is 1. The number of aromatic nitrogens is 3. The smallest absolute Gasteiger partial charge is 0.337 e. The number of hydrogen-bond donors (Lipinski definition) is 0. The second kappa shape index (κ2) is 11.3. The summed E-state index contributed by atoms with van der Waals surface area (Å²) in [5.74, 6) is 0.574. The fraction of sp³-hybridized carbons (Fsp3) is 0.346. The molecule has 35 heavy (non-hydrogen) atoms. The number of ether oxygens (including phenoxy) is 2. The van der Waals surface area contributed by atoms with Crippen LogP contribution < -0.4 is 9.64 Å². The number of carbonyl (C=O) groups is 2. The Morgan fingerprint density at radius 3 is 2.54 bits per heavy atom. The van der Waals surface area contributed by atoms with Crippen LogP contribution in [0.1, 0.15) is 61.7 Å². The van der Waals surface area contributed by atoms with Crippen molar-refractivity contribution in [3.05, 3.63) is 59.7 Å². The van der Waals surface area contributed by atoms with Crippen LogP contribution in [0.25, 0.3) is 11.3 Å². The zero-order valence-electron chi connectivity index (χ0n) is 20.1. The number of benzene rings is 2. The van der Waals surface area contributed by atoms with Gasteiger partial charge in [-0.1, -0.05) is 68.3 Å². The maximum Gasteiger partial charge on any atom is 0.337 e. The summed E-state index contributed by atoms with van der Waals surface area (Å²) >= 11 is 1.55. The molecule has 0 fully saturated rings. The molecule has 0 spiro atoms. The van der Waals surface area contributed by atoms with Gasteiger partial charge in [0.05, 0.1) is 18.4 Å². The zero-order chi connectivity index (χ0) is 24.8. The van der Waals surface area contributed by atoms with Gasteiger partial charge in [-0.2, -0.15) is 4.98 Å². The fourth-order valence-corrected chi connectivity index (χ4v) is 4.70. The SMILES string of the molecule is CCCCCCSc1nnc2c(n1)O[C@H](c1ccc(C(=O)OC)cc1)N(C(C)=O)c1ccccc1-2. The van der Waals surface area contributed by atoms with E-state index in [1.165, 1.54) is 33.3 Å². The number of hydrogen-bond acceptors (Lipinski definition) is 8. The lowest BCUT2D eigenvalue weighted by molar-refractivity contribution is -0.118. The van der Waals surface area contributed by atoms with E-state index in [4.69, 9.17) is 9.47 Å². The largest absolute Gasteiger partial charge is 0.465 e. The molecular formula is C26H28N4O4S. The van der Waals surface area contributed by atoms with Crippen LogP contribution in [-0.4, -0.2) is 39.9 Å². The number of amides is 1. The van der Waals surface area contributed by atoms with Crippen LogP contribution in [0.3, 0.4) is 0 Å². The summed E-state index contributed by atoms with van der Waals surface area (Å²) in [5.41, 5.74) is 2.94. The number of thioether (sulfide) groups is 1. The predicted molar refractivity (Wildman–Crippen MR) is 134 cm³/mol. The zero-order valence-corrected chi connectivity index (χ0v) is 20.9. The molecule has 0 saturated heterocycles. The monoisotopic (exact) mass is 492 g/mol. The highest BCUT2D eigenvalue weighted by atomic mass is 32.2. The molecule has 4 rings (SSSR count). The van der Waals surface area contributed by atoms with Crippen molar-refractivity contribution in [3.8, 4) is 17.1 Å². The molecule has 1 aliphatic rings. The molecule has 0 N–H and O–H groups in total. The maximum atomic E-state index is 12.9. The highest BCUT2D eigenvalue weighted by molar-refractivity contribution is 7.99. The van der Waals surface area contributed by atoms with Crippen LogP contribution in [-0.2, 0) is 9.53 Å². The molecule has 0 radical (unpaired) electrons. The van der Waals surface area contributed by atoms with Gasteiger partial charge in [0.25, 0.3) is 0 Å². The Morgan fingerprint density at radius 2 is 1.83 bits per heavy atom.